The Balaban J connectivity index is 2.25. The molecule has 0 aliphatic heterocycles. The predicted octanol–water partition coefficient (Wildman–Crippen LogP) is 0.363. The minimum Gasteiger partial charge on any atom is -0.348 e. The summed E-state index contributed by atoms with van der Waals surface area (Å²) in [5, 5.41) is 12.6. The molecule has 8 nitrogen and oxygen atoms in total. The summed E-state index contributed by atoms with van der Waals surface area (Å²) in [6, 6.07) is 1.93. The lowest BCUT2D eigenvalue weighted by atomic mass is 10.4. The third kappa shape index (κ3) is 3.02. The number of aromatic nitrogens is 5. The van der Waals surface area contributed by atoms with E-state index in [1.54, 1.807) is 18.8 Å². The number of aryl methyl sites for hydroxylation is 2. The number of thioether (sulfide) groups is 1. The van der Waals surface area contributed by atoms with Crippen LogP contribution >= 0.6 is 11.8 Å². The van der Waals surface area contributed by atoms with E-state index in [2.05, 4.69) is 15.3 Å². The average Bonchev–Trinajstić information content (AvgIpc) is 2.92. The van der Waals surface area contributed by atoms with E-state index in [-0.39, 0.29) is 11.2 Å². The normalized spacial score (nSPS) is 12.4. The quantitative estimate of drug-likeness (QED) is 0.647. The van der Waals surface area contributed by atoms with Crippen LogP contribution in [0, 0.1) is 13.8 Å². The standard InChI is InChI=1S/C12H19N7OS/c1-7-6-8(2)19(16-7)11-14-15-12(18(11)13)21-9(3)10(20)17(4)5/h6,9H,13H2,1-5H3/t9-/m0/s1. The molecule has 0 saturated heterocycles. The number of carbonyl (C=O) groups excluding carboxylic acids is 1. The second-order valence-electron chi connectivity index (χ2n) is 4.98. The third-order valence-electron chi connectivity index (χ3n) is 2.92. The van der Waals surface area contributed by atoms with Crippen molar-refractivity contribution in [1.29, 1.82) is 0 Å². The maximum absolute atomic E-state index is 11.9. The molecular formula is C12H19N7OS. The van der Waals surface area contributed by atoms with Crippen LogP contribution in [-0.2, 0) is 4.79 Å². The first-order valence-corrected chi connectivity index (χ1v) is 7.31. The number of hydrogen-bond acceptors (Lipinski definition) is 6. The van der Waals surface area contributed by atoms with Crippen molar-refractivity contribution in [3.8, 4) is 5.95 Å². The van der Waals surface area contributed by atoms with Crippen LogP contribution in [0.25, 0.3) is 5.95 Å². The van der Waals surface area contributed by atoms with Crippen LogP contribution in [0.3, 0.4) is 0 Å². The van der Waals surface area contributed by atoms with Crippen LogP contribution in [0.1, 0.15) is 18.3 Å². The van der Waals surface area contributed by atoms with E-state index >= 15 is 0 Å². The summed E-state index contributed by atoms with van der Waals surface area (Å²) in [6.45, 7) is 5.62. The fourth-order valence-corrected chi connectivity index (χ4v) is 2.81. The van der Waals surface area contributed by atoms with Gasteiger partial charge in [-0.3, -0.25) is 4.79 Å². The molecule has 0 bridgehead atoms. The lowest BCUT2D eigenvalue weighted by Crippen LogP contribution is -2.30. The van der Waals surface area contributed by atoms with Gasteiger partial charge in [0.05, 0.1) is 10.9 Å². The molecule has 2 heterocycles. The number of nitrogens with zero attached hydrogens (tertiary/aromatic N) is 6. The summed E-state index contributed by atoms with van der Waals surface area (Å²) in [7, 11) is 3.43. The van der Waals surface area contributed by atoms with Crippen molar-refractivity contribution in [2.75, 3.05) is 19.9 Å². The van der Waals surface area contributed by atoms with Crippen molar-refractivity contribution in [3.05, 3.63) is 17.5 Å². The van der Waals surface area contributed by atoms with Gasteiger partial charge in [0.1, 0.15) is 0 Å². The molecule has 0 fully saturated rings. The molecule has 0 spiro atoms. The molecule has 2 aromatic heterocycles. The van der Waals surface area contributed by atoms with Crippen molar-refractivity contribution in [2.24, 2.45) is 0 Å². The Labute approximate surface area is 127 Å². The van der Waals surface area contributed by atoms with Gasteiger partial charge in [-0.25, -0.2) is 9.36 Å². The molecule has 0 radical (unpaired) electrons. The summed E-state index contributed by atoms with van der Waals surface area (Å²) < 4.78 is 2.98. The van der Waals surface area contributed by atoms with Crippen LogP contribution in [-0.4, -0.2) is 54.8 Å². The maximum atomic E-state index is 11.9. The summed E-state index contributed by atoms with van der Waals surface area (Å²) in [6.07, 6.45) is 0. The van der Waals surface area contributed by atoms with Crippen molar-refractivity contribution >= 4 is 17.7 Å². The second kappa shape index (κ2) is 5.76. The zero-order chi connectivity index (χ0) is 15.7. The van der Waals surface area contributed by atoms with E-state index in [1.165, 1.54) is 21.3 Å². The van der Waals surface area contributed by atoms with Gasteiger partial charge in [-0.2, -0.15) is 5.10 Å². The highest BCUT2D eigenvalue weighted by Crippen LogP contribution is 2.23. The minimum absolute atomic E-state index is 0.00401. The van der Waals surface area contributed by atoms with Gasteiger partial charge in [0.15, 0.2) is 0 Å². The van der Waals surface area contributed by atoms with Gasteiger partial charge in [-0.05, 0) is 26.8 Å². The van der Waals surface area contributed by atoms with Gasteiger partial charge < -0.3 is 10.7 Å². The Hall–Kier alpha value is -2.03. The molecule has 0 aliphatic rings. The van der Waals surface area contributed by atoms with Gasteiger partial charge in [-0.15, -0.1) is 10.2 Å². The molecule has 1 amide bonds. The first-order valence-electron chi connectivity index (χ1n) is 6.43. The van der Waals surface area contributed by atoms with Crippen LogP contribution in [0.2, 0.25) is 0 Å². The van der Waals surface area contributed by atoms with Gasteiger partial charge in [0, 0.05) is 19.8 Å². The monoisotopic (exact) mass is 309 g/mol. The number of amides is 1. The topological polar surface area (TPSA) is 94.9 Å². The molecule has 0 unspecified atom stereocenters. The van der Waals surface area contributed by atoms with Crippen LogP contribution in [0.4, 0.5) is 0 Å². The highest BCUT2D eigenvalue weighted by molar-refractivity contribution is 8.00. The lowest BCUT2D eigenvalue weighted by molar-refractivity contribution is -0.127. The van der Waals surface area contributed by atoms with Gasteiger partial charge in [0.25, 0.3) is 5.95 Å². The minimum atomic E-state index is -0.292. The molecule has 2 aromatic rings. The Kier molecular flexibility index (Phi) is 4.21. The zero-order valence-corrected chi connectivity index (χ0v) is 13.5. The van der Waals surface area contributed by atoms with E-state index in [0.29, 0.717) is 11.1 Å². The first kappa shape index (κ1) is 15.4. The number of carbonyl (C=O) groups is 1. The van der Waals surface area contributed by atoms with Gasteiger partial charge in [-0.1, -0.05) is 11.8 Å². The van der Waals surface area contributed by atoms with Gasteiger partial charge in [0.2, 0.25) is 11.1 Å². The number of nitrogen functional groups attached to an aromatic ring is 1. The third-order valence-corrected chi connectivity index (χ3v) is 3.96. The SMILES string of the molecule is Cc1cc(C)n(-c2nnc(S[C@@H](C)C(=O)N(C)C)n2N)n1. The van der Waals surface area contributed by atoms with Gasteiger partial charge >= 0.3 is 0 Å². The van der Waals surface area contributed by atoms with E-state index in [0.717, 1.165) is 11.4 Å². The summed E-state index contributed by atoms with van der Waals surface area (Å²) in [5.41, 5.74) is 1.79. The van der Waals surface area contributed by atoms with Crippen LogP contribution < -0.4 is 5.84 Å². The number of nitrogens with two attached hydrogens (primary N) is 1. The van der Waals surface area contributed by atoms with E-state index in [4.69, 9.17) is 5.84 Å². The van der Waals surface area contributed by atoms with Crippen LogP contribution in [0.5, 0.6) is 0 Å². The highest BCUT2D eigenvalue weighted by atomic mass is 32.2. The molecule has 0 aromatic carbocycles. The molecular weight excluding hydrogens is 290 g/mol. The summed E-state index contributed by atoms with van der Waals surface area (Å²) >= 11 is 1.27. The number of hydrogen-bond donors (Lipinski definition) is 1. The first-order chi connectivity index (χ1) is 9.81. The molecule has 2 rings (SSSR count). The van der Waals surface area contributed by atoms with Crippen molar-refractivity contribution in [2.45, 2.75) is 31.2 Å². The average molecular weight is 309 g/mol. The second-order valence-corrected chi connectivity index (χ2v) is 6.29. The molecule has 0 aliphatic carbocycles. The maximum Gasteiger partial charge on any atom is 0.271 e. The largest absolute Gasteiger partial charge is 0.348 e. The molecule has 1 atom stereocenters. The van der Waals surface area contributed by atoms with E-state index in [1.807, 2.05) is 26.8 Å². The Morgan fingerprint density at radius 2 is 2.05 bits per heavy atom. The Morgan fingerprint density at radius 1 is 1.38 bits per heavy atom. The van der Waals surface area contributed by atoms with E-state index < -0.39 is 0 Å². The van der Waals surface area contributed by atoms with Crippen molar-refractivity contribution in [3.63, 3.8) is 0 Å². The summed E-state index contributed by atoms with van der Waals surface area (Å²) in [5.74, 6) is 6.44. The lowest BCUT2D eigenvalue weighted by Gasteiger charge is -2.15. The molecule has 9 heteroatoms. The molecule has 114 valence electrons. The van der Waals surface area contributed by atoms with Crippen molar-refractivity contribution < 1.29 is 4.79 Å². The fourth-order valence-electron chi connectivity index (χ4n) is 1.90. The van der Waals surface area contributed by atoms with E-state index in [9.17, 15) is 4.79 Å². The molecule has 21 heavy (non-hydrogen) atoms. The zero-order valence-electron chi connectivity index (χ0n) is 12.7. The number of rotatable bonds is 4. The Morgan fingerprint density at radius 3 is 2.57 bits per heavy atom. The Bertz CT molecular complexity index is 661. The summed E-state index contributed by atoms with van der Waals surface area (Å²) in [4.78, 5) is 13.4. The fraction of sp³-hybridized carbons (Fsp3) is 0.500. The molecule has 2 N–H and O–H groups in total. The van der Waals surface area contributed by atoms with Crippen LogP contribution in [0.15, 0.2) is 11.2 Å². The predicted molar refractivity (Wildman–Crippen MR) is 80.8 cm³/mol. The van der Waals surface area contributed by atoms with Crippen molar-refractivity contribution in [1.82, 2.24) is 29.6 Å². The molecule has 0 saturated carbocycles. The smallest absolute Gasteiger partial charge is 0.271 e. The highest BCUT2D eigenvalue weighted by Gasteiger charge is 2.21.